The predicted molar refractivity (Wildman–Crippen MR) is 109 cm³/mol. The second-order valence-electron chi connectivity index (χ2n) is 7.20. The molecule has 1 saturated heterocycles. The quantitative estimate of drug-likeness (QED) is 0.697. The molecule has 29 heavy (non-hydrogen) atoms. The Balaban J connectivity index is 1.66. The van der Waals surface area contributed by atoms with E-state index in [0.717, 1.165) is 10.9 Å². The van der Waals surface area contributed by atoms with Crippen molar-refractivity contribution in [2.24, 2.45) is 7.05 Å². The molecular formula is C20H20ClN5O3. The number of hydrogen-bond donors (Lipinski definition) is 1. The molecule has 3 heterocycles. The van der Waals surface area contributed by atoms with Gasteiger partial charge in [-0.1, -0.05) is 17.7 Å². The van der Waals surface area contributed by atoms with Crippen molar-refractivity contribution in [1.29, 1.82) is 0 Å². The van der Waals surface area contributed by atoms with Gasteiger partial charge in [-0.25, -0.2) is 9.78 Å². The van der Waals surface area contributed by atoms with Gasteiger partial charge >= 0.3 is 6.09 Å². The molecule has 0 saturated carbocycles. The van der Waals surface area contributed by atoms with Crippen LogP contribution < -0.4 is 0 Å². The first-order valence-electron chi connectivity index (χ1n) is 9.21. The highest BCUT2D eigenvalue weighted by Crippen LogP contribution is 2.29. The SMILES string of the molecule is C[C@H]1CN(C(=O)O)CCN1C(=O)c1ccc2c(Cl)cc(-c3cnn(C)c3)nc2c1. The maximum Gasteiger partial charge on any atom is 0.407 e. The Morgan fingerprint density at radius 2 is 2.03 bits per heavy atom. The van der Waals surface area contributed by atoms with Crippen molar-refractivity contribution in [3.63, 3.8) is 0 Å². The van der Waals surface area contributed by atoms with E-state index in [0.29, 0.717) is 41.4 Å². The van der Waals surface area contributed by atoms with Gasteiger partial charge in [0.25, 0.3) is 5.91 Å². The zero-order valence-corrected chi connectivity index (χ0v) is 16.8. The number of piperazine rings is 1. The minimum Gasteiger partial charge on any atom is -0.465 e. The maximum atomic E-state index is 13.1. The first kappa shape index (κ1) is 19.2. The number of halogens is 1. The third-order valence-electron chi connectivity index (χ3n) is 5.17. The van der Waals surface area contributed by atoms with Crippen molar-refractivity contribution < 1.29 is 14.7 Å². The molecule has 8 nitrogen and oxygen atoms in total. The summed E-state index contributed by atoms with van der Waals surface area (Å²) < 4.78 is 1.69. The van der Waals surface area contributed by atoms with E-state index in [4.69, 9.17) is 16.7 Å². The lowest BCUT2D eigenvalue weighted by atomic mass is 10.1. The van der Waals surface area contributed by atoms with Crippen LogP contribution in [0.1, 0.15) is 17.3 Å². The summed E-state index contributed by atoms with van der Waals surface area (Å²) in [5.41, 5.74) is 2.65. The van der Waals surface area contributed by atoms with Gasteiger partial charge in [-0.2, -0.15) is 5.10 Å². The molecule has 1 aliphatic heterocycles. The molecule has 1 N–H and O–H groups in total. The van der Waals surface area contributed by atoms with E-state index < -0.39 is 6.09 Å². The van der Waals surface area contributed by atoms with Crippen LogP contribution in [0.3, 0.4) is 0 Å². The maximum absolute atomic E-state index is 13.1. The van der Waals surface area contributed by atoms with E-state index in [9.17, 15) is 9.59 Å². The molecule has 0 radical (unpaired) electrons. The van der Waals surface area contributed by atoms with Gasteiger partial charge in [0.1, 0.15) is 0 Å². The van der Waals surface area contributed by atoms with Crippen molar-refractivity contribution in [3.8, 4) is 11.3 Å². The highest BCUT2D eigenvalue weighted by atomic mass is 35.5. The number of carboxylic acid groups (broad SMARTS) is 1. The lowest BCUT2D eigenvalue weighted by molar-refractivity contribution is 0.0484. The minimum atomic E-state index is -0.962. The summed E-state index contributed by atoms with van der Waals surface area (Å²) in [6.07, 6.45) is 2.60. The number of aryl methyl sites for hydroxylation is 1. The largest absolute Gasteiger partial charge is 0.465 e. The Morgan fingerprint density at radius 1 is 1.24 bits per heavy atom. The van der Waals surface area contributed by atoms with Crippen molar-refractivity contribution in [2.75, 3.05) is 19.6 Å². The standard InChI is InChI=1S/C20H20ClN5O3/c1-12-10-25(20(28)29)5-6-26(12)19(27)13-3-4-15-16(21)8-17(23-18(15)7-13)14-9-22-24(2)11-14/h3-4,7-9,11-12H,5-6,10H2,1-2H3,(H,28,29)/t12-/m0/s1. The van der Waals surface area contributed by atoms with Crippen LogP contribution in [0.4, 0.5) is 4.79 Å². The van der Waals surface area contributed by atoms with Crippen LogP contribution in [0, 0.1) is 0 Å². The van der Waals surface area contributed by atoms with Gasteiger partial charge in [0.2, 0.25) is 0 Å². The van der Waals surface area contributed by atoms with Gasteiger partial charge in [0.05, 0.1) is 22.4 Å². The normalized spacial score (nSPS) is 17.0. The lowest BCUT2D eigenvalue weighted by Crippen LogP contribution is -2.55. The molecule has 0 spiro atoms. The van der Waals surface area contributed by atoms with E-state index >= 15 is 0 Å². The molecular weight excluding hydrogens is 394 g/mol. The third-order valence-corrected chi connectivity index (χ3v) is 5.48. The average Bonchev–Trinajstić information content (AvgIpc) is 3.13. The molecule has 1 aliphatic rings. The first-order chi connectivity index (χ1) is 13.8. The molecule has 2 amide bonds. The number of fused-ring (bicyclic) bond motifs is 1. The molecule has 9 heteroatoms. The zero-order valence-electron chi connectivity index (χ0n) is 16.0. The van der Waals surface area contributed by atoms with E-state index in [1.807, 2.05) is 20.2 Å². The summed E-state index contributed by atoms with van der Waals surface area (Å²) >= 11 is 6.44. The van der Waals surface area contributed by atoms with Gasteiger partial charge in [0, 0.05) is 55.4 Å². The topological polar surface area (TPSA) is 91.6 Å². The van der Waals surface area contributed by atoms with Gasteiger partial charge in [-0.3, -0.25) is 9.48 Å². The number of nitrogens with zero attached hydrogens (tertiary/aromatic N) is 5. The number of aromatic nitrogens is 3. The van der Waals surface area contributed by atoms with Gasteiger partial charge in [-0.05, 0) is 25.1 Å². The Kier molecular flexibility index (Phi) is 4.87. The molecule has 0 unspecified atom stereocenters. The van der Waals surface area contributed by atoms with E-state index in [1.165, 1.54) is 4.90 Å². The number of rotatable bonds is 2. The number of benzene rings is 1. The third kappa shape index (κ3) is 3.63. The number of pyridine rings is 1. The van der Waals surface area contributed by atoms with Crippen LogP contribution in [0.2, 0.25) is 5.02 Å². The van der Waals surface area contributed by atoms with Crippen LogP contribution >= 0.6 is 11.6 Å². The van der Waals surface area contributed by atoms with Gasteiger partial charge in [-0.15, -0.1) is 0 Å². The van der Waals surface area contributed by atoms with E-state index in [-0.39, 0.29) is 11.9 Å². The molecule has 2 aromatic heterocycles. The van der Waals surface area contributed by atoms with E-state index in [1.54, 1.807) is 40.0 Å². The molecule has 0 bridgehead atoms. The van der Waals surface area contributed by atoms with Crippen LogP contribution in [0.25, 0.3) is 22.2 Å². The fourth-order valence-corrected chi connectivity index (χ4v) is 3.88. The summed E-state index contributed by atoms with van der Waals surface area (Å²) in [4.78, 5) is 31.9. The van der Waals surface area contributed by atoms with Gasteiger partial charge in [0.15, 0.2) is 0 Å². The smallest absolute Gasteiger partial charge is 0.407 e. The monoisotopic (exact) mass is 413 g/mol. The molecule has 0 aliphatic carbocycles. The number of hydrogen-bond acceptors (Lipinski definition) is 4. The number of carbonyl (C=O) groups is 2. The van der Waals surface area contributed by atoms with Crippen molar-refractivity contribution in [1.82, 2.24) is 24.6 Å². The molecule has 1 atom stereocenters. The average molecular weight is 414 g/mol. The van der Waals surface area contributed by atoms with Crippen LogP contribution in [0.15, 0.2) is 36.7 Å². The molecule has 1 aromatic carbocycles. The minimum absolute atomic E-state index is 0.144. The van der Waals surface area contributed by atoms with E-state index in [2.05, 4.69) is 10.1 Å². The Bertz CT molecular complexity index is 1110. The summed E-state index contributed by atoms with van der Waals surface area (Å²) in [6.45, 7) is 2.80. The lowest BCUT2D eigenvalue weighted by Gasteiger charge is -2.38. The summed E-state index contributed by atoms with van der Waals surface area (Å²) in [5.74, 6) is -0.144. The number of carbonyl (C=O) groups excluding carboxylic acids is 1. The van der Waals surface area contributed by atoms with Crippen molar-refractivity contribution >= 4 is 34.5 Å². The van der Waals surface area contributed by atoms with Crippen LogP contribution in [0.5, 0.6) is 0 Å². The first-order valence-corrected chi connectivity index (χ1v) is 9.59. The highest BCUT2D eigenvalue weighted by Gasteiger charge is 2.30. The Hall–Kier alpha value is -3.13. The fourth-order valence-electron chi connectivity index (χ4n) is 3.62. The summed E-state index contributed by atoms with van der Waals surface area (Å²) in [5, 5.41) is 14.6. The summed E-state index contributed by atoms with van der Waals surface area (Å²) in [7, 11) is 1.83. The van der Waals surface area contributed by atoms with Crippen LogP contribution in [-0.2, 0) is 7.05 Å². The van der Waals surface area contributed by atoms with Gasteiger partial charge < -0.3 is 14.9 Å². The predicted octanol–water partition coefficient (Wildman–Crippen LogP) is 3.11. The second-order valence-corrected chi connectivity index (χ2v) is 7.61. The Labute approximate surface area is 172 Å². The second kappa shape index (κ2) is 7.36. The Morgan fingerprint density at radius 3 is 2.69 bits per heavy atom. The summed E-state index contributed by atoms with van der Waals surface area (Å²) in [6, 6.07) is 6.85. The van der Waals surface area contributed by atoms with Crippen molar-refractivity contribution in [3.05, 3.63) is 47.2 Å². The molecule has 1 fully saturated rings. The molecule has 150 valence electrons. The fraction of sp³-hybridized carbons (Fsp3) is 0.300. The van der Waals surface area contributed by atoms with Crippen LogP contribution in [-0.4, -0.2) is 67.3 Å². The number of amides is 2. The van der Waals surface area contributed by atoms with Crippen molar-refractivity contribution in [2.45, 2.75) is 13.0 Å². The zero-order chi connectivity index (χ0) is 20.7. The molecule has 4 rings (SSSR count). The molecule has 3 aromatic rings. The highest BCUT2D eigenvalue weighted by molar-refractivity contribution is 6.35.